The van der Waals surface area contributed by atoms with Crippen molar-refractivity contribution in [2.45, 2.75) is 18.8 Å². The largest absolute Gasteiger partial charge is 0.361 e. The number of nitrogens with one attached hydrogen (secondary N) is 2. The first kappa shape index (κ1) is 18.4. The van der Waals surface area contributed by atoms with E-state index in [2.05, 4.69) is 45.7 Å². The van der Waals surface area contributed by atoms with E-state index in [-0.39, 0.29) is 5.91 Å². The molecule has 1 aromatic heterocycles. The van der Waals surface area contributed by atoms with E-state index in [4.69, 9.17) is 23.2 Å². The molecule has 27 heavy (non-hydrogen) atoms. The number of H-pyrrole nitrogens is 1. The number of rotatable bonds is 4. The molecule has 0 radical (unpaired) electrons. The molecule has 0 saturated carbocycles. The van der Waals surface area contributed by atoms with Gasteiger partial charge in [0, 0.05) is 22.1 Å². The van der Waals surface area contributed by atoms with E-state index < -0.39 is 0 Å². The first-order valence-electron chi connectivity index (χ1n) is 9.13. The minimum absolute atomic E-state index is 0.0651. The number of halogens is 2. The molecule has 2 heterocycles. The summed E-state index contributed by atoms with van der Waals surface area (Å²) in [5.74, 6) is 0.465. The van der Waals surface area contributed by atoms with Crippen molar-refractivity contribution in [3.05, 3.63) is 64.3 Å². The summed E-state index contributed by atoms with van der Waals surface area (Å²) >= 11 is 12.1. The van der Waals surface area contributed by atoms with Gasteiger partial charge >= 0.3 is 0 Å². The van der Waals surface area contributed by atoms with Crippen molar-refractivity contribution >= 4 is 45.7 Å². The van der Waals surface area contributed by atoms with Crippen LogP contribution in [0.1, 0.15) is 24.3 Å². The fourth-order valence-corrected chi connectivity index (χ4v) is 4.16. The second-order valence-electron chi connectivity index (χ2n) is 7.01. The lowest BCUT2D eigenvalue weighted by atomic mass is 9.89. The lowest BCUT2D eigenvalue weighted by Crippen LogP contribution is -2.38. The number of aromatic amines is 1. The quantitative estimate of drug-likeness (QED) is 0.623. The molecule has 1 saturated heterocycles. The molecule has 6 heteroatoms. The average Bonchev–Trinajstić information content (AvgIpc) is 3.09. The summed E-state index contributed by atoms with van der Waals surface area (Å²) in [6.45, 7) is 2.17. The minimum Gasteiger partial charge on any atom is -0.361 e. The third kappa shape index (κ3) is 4.13. The molecule has 0 unspecified atom stereocenters. The summed E-state index contributed by atoms with van der Waals surface area (Å²) in [5.41, 5.74) is 3.14. The minimum atomic E-state index is -0.0651. The van der Waals surface area contributed by atoms with Gasteiger partial charge in [0.2, 0.25) is 5.91 Å². The maximum Gasteiger partial charge on any atom is 0.238 e. The summed E-state index contributed by atoms with van der Waals surface area (Å²) < 4.78 is 0. The van der Waals surface area contributed by atoms with Gasteiger partial charge in [0.05, 0.1) is 17.3 Å². The second-order valence-corrected chi connectivity index (χ2v) is 7.86. The number of carbonyl (C=O) groups is 1. The molecule has 2 aromatic carbocycles. The molecule has 4 nitrogen and oxygen atoms in total. The molecular formula is C21H21Cl2N3O. The Morgan fingerprint density at radius 1 is 1.15 bits per heavy atom. The van der Waals surface area contributed by atoms with Gasteiger partial charge in [0.1, 0.15) is 0 Å². The van der Waals surface area contributed by atoms with Crippen molar-refractivity contribution in [2.24, 2.45) is 0 Å². The number of anilines is 1. The van der Waals surface area contributed by atoms with Crippen molar-refractivity contribution in [3.63, 3.8) is 0 Å². The van der Waals surface area contributed by atoms with E-state index in [9.17, 15) is 4.79 Å². The zero-order valence-corrected chi connectivity index (χ0v) is 16.4. The van der Waals surface area contributed by atoms with Gasteiger partial charge in [-0.05, 0) is 61.7 Å². The molecule has 140 valence electrons. The van der Waals surface area contributed by atoms with E-state index in [1.54, 1.807) is 18.2 Å². The number of amides is 1. The molecule has 1 amide bonds. The number of fused-ring (bicyclic) bond motifs is 1. The smallest absolute Gasteiger partial charge is 0.238 e. The molecule has 4 rings (SSSR count). The monoisotopic (exact) mass is 401 g/mol. The Balaban J connectivity index is 1.34. The lowest BCUT2D eigenvalue weighted by Gasteiger charge is -2.31. The lowest BCUT2D eigenvalue weighted by molar-refractivity contribution is -0.117. The van der Waals surface area contributed by atoms with Gasteiger partial charge < -0.3 is 10.3 Å². The summed E-state index contributed by atoms with van der Waals surface area (Å²) in [6.07, 6.45) is 4.24. The Kier molecular flexibility index (Phi) is 5.39. The molecule has 1 aliphatic heterocycles. The SMILES string of the molecule is O=C(CN1CCC(c2c[nH]c3ccccc23)CC1)Nc1cc(Cl)ccc1Cl. The Morgan fingerprint density at radius 3 is 2.74 bits per heavy atom. The predicted octanol–water partition coefficient (Wildman–Crippen LogP) is 5.29. The van der Waals surface area contributed by atoms with Gasteiger partial charge in [-0.2, -0.15) is 0 Å². The maximum atomic E-state index is 12.4. The second kappa shape index (κ2) is 7.93. The van der Waals surface area contributed by atoms with Crippen LogP contribution in [0.15, 0.2) is 48.7 Å². The highest BCUT2D eigenvalue weighted by molar-refractivity contribution is 6.35. The van der Waals surface area contributed by atoms with Crippen molar-refractivity contribution < 1.29 is 4.79 Å². The van der Waals surface area contributed by atoms with Crippen LogP contribution in [0.5, 0.6) is 0 Å². The molecule has 3 aromatic rings. The van der Waals surface area contributed by atoms with Gasteiger partial charge in [-0.15, -0.1) is 0 Å². The normalized spacial score (nSPS) is 15.9. The predicted molar refractivity (Wildman–Crippen MR) is 112 cm³/mol. The molecule has 0 aliphatic carbocycles. The standard InChI is InChI=1S/C21H21Cl2N3O/c22-15-5-6-18(23)20(11-15)25-21(27)13-26-9-7-14(8-10-26)17-12-24-19-4-2-1-3-16(17)19/h1-6,11-12,14,24H,7-10,13H2,(H,25,27). The number of nitrogens with zero attached hydrogens (tertiary/aromatic N) is 1. The maximum absolute atomic E-state index is 12.4. The Bertz CT molecular complexity index is 961. The highest BCUT2D eigenvalue weighted by atomic mass is 35.5. The highest BCUT2D eigenvalue weighted by Crippen LogP contribution is 2.33. The number of carbonyl (C=O) groups excluding carboxylic acids is 1. The fraction of sp³-hybridized carbons (Fsp3) is 0.286. The van der Waals surface area contributed by atoms with Gasteiger partial charge in [0.25, 0.3) is 0 Å². The van der Waals surface area contributed by atoms with Crippen LogP contribution in [0.4, 0.5) is 5.69 Å². The zero-order valence-electron chi connectivity index (χ0n) is 14.8. The number of hydrogen-bond donors (Lipinski definition) is 2. The van der Waals surface area contributed by atoms with E-state index >= 15 is 0 Å². The van der Waals surface area contributed by atoms with Crippen LogP contribution in [0.3, 0.4) is 0 Å². The number of piperidine rings is 1. The molecule has 0 bridgehead atoms. The van der Waals surface area contributed by atoms with Gasteiger partial charge in [-0.3, -0.25) is 9.69 Å². The van der Waals surface area contributed by atoms with Crippen molar-refractivity contribution in [3.8, 4) is 0 Å². The van der Waals surface area contributed by atoms with E-state index in [1.165, 1.54) is 16.5 Å². The van der Waals surface area contributed by atoms with Crippen LogP contribution < -0.4 is 5.32 Å². The first-order chi connectivity index (χ1) is 13.1. The van der Waals surface area contributed by atoms with Crippen molar-refractivity contribution in [2.75, 3.05) is 25.0 Å². The van der Waals surface area contributed by atoms with Crippen LogP contribution in [-0.4, -0.2) is 35.4 Å². The van der Waals surface area contributed by atoms with E-state index in [0.717, 1.165) is 25.9 Å². The van der Waals surface area contributed by atoms with Gasteiger partial charge in [-0.25, -0.2) is 0 Å². The van der Waals surface area contributed by atoms with Crippen molar-refractivity contribution in [1.29, 1.82) is 0 Å². The van der Waals surface area contributed by atoms with E-state index in [0.29, 0.717) is 28.2 Å². The van der Waals surface area contributed by atoms with Gasteiger partial charge in [0.15, 0.2) is 0 Å². The number of aromatic nitrogens is 1. The third-order valence-electron chi connectivity index (χ3n) is 5.22. The summed E-state index contributed by atoms with van der Waals surface area (Å²) in [4.78, 5) is 17.9. The molecular weight excluding hydrogens is 381 g/mol. The molecule has 1 fully saturated rings. The number of hydrogen-bond acceptors (Lipinski definition) is 2. The van der Waals surface area contributed by atoms with Crippen LogP contribution >= 0.6 is 23.2 Å². The first-order valence-corrected chi connectivity index (χ1v) is 9.89. The van der Waals surface area contributed by atoms with Crippen LogP contribution in [0.25, 0.3) is 10.9 Å². The number of likely N-dealkylation sites (tertiary alicyclic amines) is 1. The fourth-order valence-electron chi connectivity index (χ4n) is 3.82. The Hall–Kier alpha value is -2.01. The summed E-state index contributed by atoms with van der Waals surface area (Å²) in [7, 11) is 0. The zero-order chi connectivity index (χ0) is 18.8. The molecule has 0 atom stereocenters. The number of para-hydroxylation sites is 1. The van der Waals surface area contributed by atoms with Gasteiger partial charge in [-0.1, -0.05) is 41.4 Å². The van der Waals surface area contributed by atoms with E-state index in [1.807, 2.05) is 0 Å². The molecule has 2 N–H and O–H groups in total. The summed E-state index contributed by atoms with van der Waals surface area (Å²) in [6, 6.07) is 13.5. The van der Waals surface area contributed by atoms with Crippen LogP contribution in [0.2, 0.25) is 10.0 Å². The van der Waals surface area contributed by atoms with Crippen molar-refractivity contribution in [1.82, 2.24) is 9.88 Å². The Morgan fingerprint density at radius 2 is 1.93 bits per heavy atom. The third-order valence-corrected chi connectivity index (χ3v) is 5.78. The topological polar surface area (TPSA) is 48.1 Å². The highest BCUT2D eigenvalue weighted by Gasteiger charge is 2.24. The molecule has 0 spiro atoms. The average molecular weight is 402 g/mol. The Labute approximate surface area is 168 Å². The van der Waals surface area contributed by atoms with Crippen LogP contribution in [-0.2, 0) is 4.79 Å². The molecule has 1 aliphatic rings. The number of benzene rings is 2. The summed E-state index contributed by atoms with van der Waals surface area (Å²) in [5, 5.41) is 5.21. The van der Waals surface area contributed by atoms with Crippen LogP contribution in [0, 0.1) is 0 Å².